The average Bonchev–Trinajstić information content (AvgIpc) is 3.20. The van der Waals surface area contributed by atoms with Gasteiger partial charge in [0.2, 0.25) is 11.9 Å². The molecule has 3 aromatic rings. The molecule has 0 unspecified atom stereocenters. The predicted octanol–water partition coefficient (Wildman–Crippen LogP) is 3.08. The number of hydrogen-bond donors (Lipinski definition) is 1. The molecule has 1 aliphatic heterocycles. The Morgan fingerprint density at radius 1 is 1.18 bits per heavy atom. The normalized spacial score (nSPS) is 14.9. The van der Waals surface area contributed by atoms with Crippen molar-refractivity contribution in [1.82, 2.24) is 10.3 Å². The van der Waals surface area contributed by atoms with E-state index in [4.69, 9.17) is 18.8 Å². The summed E-state index contributed by atoms with van der Waals surface area (Å²) in [6.45, 7) is 4.12. The maximum absolute atomic E-state index is 12.6. The molecule has 0 bridgehead atoms. The van der Waals surface area contributed by atoms with Gasteiger partial charge in [0.25, 0.3) is 5.91 Å². The first-order chi connectivity index (χ1) is 13.7. The number of nitrogens with one attached hydrogen (secondary N) is 1. The maximum Gasteiger partial charge on any atom is 0.270 e. The highest BCUT2D eigenvalue weighted by Gasteiger charge is 2.29. The predicted molar refractivity (Wildman–Crippen MR) is 100 cm³/mol. The van der Waals surface area contributed by atoms with Crippen molar-refractivity contribution in [1.29, 1.82) is 0 Å². The van der Waals surface area contributed by atoms with E-state index in [9.17, 15) is 4.79 Å². The lowest BCUT2D eigenvalue weighted by Crippen LogP contribution is -2.40. The zero-order chi connectivity index (χ0) is 19.3. The second kappa shape index (κ2) is 7.83. The minimum absolute atomic E-state index is 0.0960. The van der Waals surface area contributed by atoms with Crippen molar-refractivity contribution >= 4 is 11.7 Å². The largest absolute Gasteiger partial charge is 0.490 e. The second-order valence-corrected chi connectivity index (χ2v) is 5.94. The molecule has 0 saturated heterocycles. The minimum Gasteiger partial charge on any atom is -0.490 e. The molecule has 8 heteroatoms. The number of fused-ring (bicyclic) bond motifs is 1. The van der Waals surface area contributed by atoms with Crippen LogP contribution in [0.2, 0.25) is 0 Å². The first kappa shape index (κ1) is 17.6. The van der Waals surface area contributed by atoms with Crippen LogP contribution in [0.25, 0.3) is 11.3 Å². The summed E-state index contributed by atoms with van der Waals surface area (Å²) in [7, 11) is 0. The van der Waals surface area contributed by atoms with E-state index in [0.29, 0.717) is 35.1 Å². The van der Waals surface area contributed by atoms with Gasteiger partial charge in [0.1, 0.15) is 19.0 Å². The second-order valence-electron chi connectivity index (χ2n) is 5.94. The molecule has 0 radical (unpaired) electrons. The smallest absolute Gasteiger partial charge is 0.270 e. The summed E-state index contributed by atoms with van der Waals surface area (Å²) in [6.07, 6.45) is 0.854. The van der Waals surface area contributed by atoms with E-state index < -0.39 is 12.0 Å². The minimum atomic E-state index is -0.811. The molecule has 1 N–H and O–H groups in total. The van der Waals surface area contributed by atoms with Gasteiger partial charge in [-0.15, -0.1) is 0 Å². The lowest BCUT2D eigenvalue weighted by Gasteiger charge is -2.25. The number of aromatic nitrogens is 2. The summed E-state index contributed by atoms with van der Waals surface area (Å²) in [5, 5.41) is 10.3. The first-order valence-electron chi connectivity index (χ1n) is 8.60. The van der Waals surface area contributed by atoms with Gasteiger partial charge in [0.05, 0.1) is 0 Å². The van der Waals surface area contributed by atoms with E-state index in [1.807, 2.05) is 12.1 Å². The van der Waals surface area contributed by atoms with Gasteiger partial charge in [0, 0.05) is 5.56 Å². The van der Waals surface area contributed by atoms with Gasteiger partial charge in [-0.05, 0) is 46.7 Å². The highest BCUT2D eigenvalue weighted by Crippen LogP contribution is 2.31. The zero-order valence-corrected chi connectivity index (χ0v) is 14.8. The molecule has 28 heavy (non-hydrogen) atoms. The van der Waals surface area contributed by atoms with Crippen LogP contribution in [0.15, 0.2) is 65.8 Å². The van der Waals surface area contributed by atoms with Gasteiger partial charge in [-0.3, -0.25) is 4.79 Å². The van der Waals surface area contributed by atoms with E-state index in [2.05, 4.69) is 22.2 Å². The summed E-state index contributed by atoms with van der Waals surface area (Å²) >= 11 is 0. The van der Waals surface area contributed by atoms with Crippen molar-refractivity contribution in [2.75, 3.05) is 18.5 Å². The van der Waals surface area contributed by atoms with Crippen LogP contribution >= 0.6 is 0 Å². The highest BCUT2D eigenvalue weighted by atomic mass is 16.6. The lowest BCUT2D eigenvalue weighted by atomic mass is 10.1. The van der Waals surface area contributed by atoms with Gasteiger partial charge in [-0.25, -0.2) is 4.63 Å². The van der Waals surface area contributed by atoms with Crippen LogP contribution in [0.5, 0.6) is 17.2 Å². The van der Waals surface area contributed by atoms with E-state index in [1.165, 1.54) is 0 Å². The van der Waals surface area contributed by atoms with Crippen molar-refractivity contribution in [3.63, 3.8) is 0 Å². The summed E-state index contributed by atoms with van der Waals surface area (Å²) in [5.74, 6) is 1.61. The molecule has 0 aliphatic carbocycles. The number of ether oxygens (including phenoxy) is 3. The van der Waals surface area contributed by atoms with Crippen molar-refractivity contribution in [2.24, 2.45) is 0 Å². The molecule has 0 spiro atoms. The number of para-hydroxylation sites is 2. The molecule has 1 aromatic heterocycles. The Labute approximate surface area is 160 Å². The van der Waals surface area contributed by atoms with Crippen LogP contribution < -0.4 is 19.5 Å². The molecule has 0 fully saturated rings. The number of anilines is 1. The molecule has 0 saturated carbocycles. The third-order valence-corrected chi connectivity index (χ3v) is 4.03. The van der Waals surface area contributed by atoms with Crippen molar-refractivity contribution in [3.05, 3.63) is 61.2 Å². The van der Waals surface area contributed by atoms with Crippen molar-refractivity contribution in [3.8, 4) is 28.5 Å². The molecule has 2 heterocycles. The van der Waals surface area contributed by atoms with Crippen LogP contribution in [0.3, 0.4) is 0 Å². The quantitative estimate of drug-likeness (QED) is 0.658. The molecule has 1 amide bonds. The molecular formula is C20H17N3O5. The third kappa shape index (κ3) is 3.66. The summed E-state index contributed by atoms with van der Waals surface area (Å²) in [5.41, 5.74) is 1.12. The summed E-state index contributed by atoms with van der Waals surface area (Å²) in [6, 6.07) is 14.3. The number of carbonyl (C=O) groups excluding carboxylic acids is 1. The van der Waals surface area contributed by atoms with Crippen LogP contribution in [-0.2, 0) is 4.79 Å². The molecule has 8 nitrogen and oxygen atoms in total. The van der Waals surface area contributed by atoms with Crippen molar-refractivity contribution in [2.45, 2.75) is 6.10 Å². The third-order valence-electron chi connectivity index (χ3n) is 4.03. The van der Waals surface area contributed by atoms with Gasteiger partial charge in [-0.1, -0.05) is 24.8 Å². The fourth-order valence-electron chi connectivity index (χ4n) is 2.67. The molecule has 2 aromatic carbocycles. The molecule has 1 atom stereocenters. The Morgan fingerprint density at radius 3 is 2.75 bits per heavy atom. The van der Waals surface area contributed by atoms with E-state index >= 15 is 0 Å². The standard InChI is InChI=1S/C20H17N3O5/c1-2-11-25-14-9-7-13(8-10-14)18-19(23-28-22-18)21-20(24)17-12-26-15-5-3-4-6-16(15)27-17/h2-10,17H,1,11-12H2,(H,21,23,24)/t17-/m0/s1. The van der Waals surface area contributed by atoms with Gasteiger partial charge < -0.3 is 19.5 Å². The monoisotopic (exact) mass is 379 g/mol. The molecule has 142 valence electrons. The molecule has 4 rings (SSSR count). The number of rotatable bonds is 6. The van der Waals surface area contributed by atoms with E-state index in [1.54, 1.807) is 42.5 Å². The number of hydrogen-bond acceptors (Lipinski definition) is 7. The fraction of sp³-hybridized carbons (Fsp3) is 0.150. The average molecular weight is 379 g/mol. The Morgan fingerprint density at radius 2 is 1.96 bits per heavy atom. The van der Waals surface area contributed by atoms with Crippen LogP contribution in [-0.4, -0.2) is 35.5 Å². The SMILES string of the molecule is C=CCOc1ccc(-c2nonc2NC(=O)[C@@H]2COc3ccccc3O2)cc1. The first-order valence-corrected chi connectivity index (χ1v) is 8.60. The Bertz CT molecular complexity index is 984. The van der Waals surface area contributed by atoms with Gasteiger partial charge >= 0.3 is 0 Å². The van der Waals surface area contributed by atoms with Gasteiger partial charge in [-0.2, -0.15) is 0 Å². The number of carbonyl (C=O) groups is 1. The Balaban J connectivity index is 1.46. The van der Waals surface area contributed by atoms with Crippen LogP contribution in [0, 0.1) is 0 Å². The molecular weight excluding hydrogens is 362 g/mol. The van der Waals surface area contributed by atoms with Crippen LogP contribution in [0.1, 0.15) is 0 Å². The zero-order valence-electron chi connectivity index (χ0n) is 14.8. The Hall–Kier alpha value is -3.81. The van der Waals surface area contributed by atoms with E-state index in [0.717, 1.165) is 0 Å². The lowest BCUT2D eigenvalue weighted by molar-refractivity contribution is -0.125. The number of nitrogens with zero attached hydrogens (tertiary/aromatic N) is 2. The number of amides is 1. The highest BCUT2D eigenvalue weighted by molar-refractivity contribution is 5.96. The topological polar surface area (TPSA) is 95.7 Å². The van der Waals surface area contributed by atoms with Gasteiger partial charge in [0.15, 0.2) is 17.2 Å². The van der Waals surface area contributed by atoms with E-state index in [-0.39, 0.29) is 12.4 Å². The van der Waals surface area contributed by atoms with Crippen molar-refractivity contribution < 1.29 is 23.6 Å². The Kier molecular flexibility index (Phi) is 4.92. The van der Waals surface area contributed by atoms with Crippen LogP contribution in [0.4, 0.5) is 5.82 Å². The fourth-order valence-corrected chi connectivity index (χ4v) is 2.67. The maximum atomic E-state index is 12.6. The number of benzene rings is 2. The summed E-state index contributed by atoms with van der Waals surface area (Å²) < 4.78 is 21.5. The molecule has 1 aliphatic rings. The summed E-state index contributed by atoms with van der Waals surface area (Å²) in [4.78, 5) is 12.6.